The van der Waals surface area contributed by atoms with E-state index in [1.54, 1.807) is 0 Å². The van der Waals surface area contributed by atoms with Gasteiger partial charge in [0.25, 0.3) is 0 Å². The summed E-state index contributed by atoms with van der Waals surface area (Å²) in [7, 11) is 0. The van der Waals surface area contributed by atoms with Crippen LogP contribution >= 0.6 is 0 Å². The molecule has 5 rings (SSSR count). The molecule has 5 unspecified atom stereocenters. The molecule has 3 aromatic carbocycles. The lowest BCUT2D eigenvalue weighted by atomic mass is 9.91. The van der Waals surface area contributed by atoms with Crippen molar-refractivity contribution in [1.29, 1.82) is 0 Å². The number of aryl methyl sites for hydroxylation is 3. The molecule has 41 heavy (non-hydrogen) atoms. The molecule has 1 aromatic heterocycles. The number of esters is 1. The number of hydrogen-bond acceptors (Lipinski definition) is 7. The maximum absolute atomic E-state index is 14.1. The molecular weight excluding hydrogens is 520 g/mol. The van der Waals surface area contributed by atoms with Crippen LogP contribution in [0.3, 0.4) is 0 Å². The fourth-order valence-corrected chi connectivity index (χ4v) is 5.35. The van der Waals surface area contributed by atoms with E-state index < -0.39 is 24.5 Å². The number of carbonyl (C=O) groups excluding carboxylic acids is 1. The minimum Gasteiger partial charge on any atom is -0.453 e. The van der Waals surface area contributed by atoms with Crippen LogP contribution in [-0.2, 0) is 25.6 Å². The molecule has 5 atom stereocenters. The first-order valence-corrected chi connectivity index (χ1v) is 13.9. The number of carbonyl (C=O) groups is 1. The van der Waals surface area contributed by atoms with Crippen molar-refractivity contribution in [2.75, 3.05) is 0 Å². The summed E-state index contributed by atoms with van der Waals surface area (Å²) in [5, 5.41) is 0.430. The minimum atomic E-state index is -1.11. The Bertz CT molecular complexity index is 1590. The average Bonchev–Trinajstić information content (AvgIpc) is 2.93. The Kier molecular flexibility index (Phi) is 8.29. The molecule has 0 saturated carbocycles. The summed E-state index contributed by atoms with van der Waals surface area (Å²) in [6.45, 7) is 11.4. The average molecular weight is 557 g/mol. The third kappa shape index (κ3) is 6.06. The van der Waals surface area contributed by atoms with Crippen molar-refractivity contribution in [3.05, 3.63) is 99.2 Å². The highest BCUT2D eigenvalue weighted by Crippen LogP contribution is 2.37. The number of benzene rings is 3. The first-order chi connectivity index (χ1) is 19.6. The fraction of sp³-hybridized carbons (Fsp3) is 0.353. The van der Waals surface area contributed by atoms with Crippen molar-refractivity contribution in [2.45, 2.75) is 72.8 Å². The highest BCUT2D eigenvalue weighted by Gasteiger charge is 2.47. The van der Waals surface area contributed by atoms with Gasteiger partial charge in [0.2, 0.25) is 17.5 Å². The quantitative estimate of drug-likeness (QED) is 0.235. The largest absolute Gasteiger partial charge is 0.453 e. The van der Waals surface area contributed by atoms with Gasteiger partial charge in [-0.3, -0.25) is 9.59 Å². The molecule has 0 radical (unpaired) electrons. The Morgan fingerprint density at radius 1 is 0.902 bits per heavy atom. The molecule has 214 valence electrons. The topological polar surface area (TPSA) is 84.2 Å². The molecular formula is C34H36O7. The highest BCUT2D eigenvalue weighted by molar-refractivity contribution is 5.85. The second kappa shape index (κ2) is 11.9. The van der Waals surface area contributed by atoms with Crippen LogP contribution in [0.25, 0.3) is 22.3 Å². The Morgan fingerprint density at radius 2 is 1.61 bits per heavy atom. The molecule has 0 amide bonds. The molecule has 2 heterocycles. The summed E-state index contributed by atoms with van der Waals surface area (Å²) in [5.74, 6) is -0.347. The van der Waals surface area contributed by atoms with E-state index in [0.29, 0.717) is 23.1 Å². The molecule has 7 nitrogen and oxygen atoms in total. The first kappa shape index (κ1) is 28.6. The van der Waals surface area contributed by atoms with E-state index in [1.165, 1.54) is 6.92 Å². The van der Waals surface area contributed by atoms with Crippen molar-refractivity contribution in [3.8, 4) is 17.1 Å². The number of hydrogen-bond donors (Lipinski definition) is 0. The summed E-state index contributed by atoms with van der Waals surface area (Å²) >= 11 is 0. The lowest BCUT2D eigenvalue weighted by Gasteiger charge is -2.43. The third-order valence-electron chi connectivity index (χ3n) is 7.63. The minimum absolute atomic E-state index is 0.000907. The van der Waals surface area contributed by atoms with Crippen LogP contribution in [0.1, 0.15) is 43.0 Å². The fourth-order valence-electron chi connectivity index (χ4n) is 5.35. The van der Waals surface area contributed by atoms with Gasteiger partial charge in [-0.1, -0.05) is 73.2 Å². The maximum atomic E-state index is 14.1. The van der Waals surface area contributed by atoms with Gasteiger partial charge in [-0.25, -0.2) is 0 Å². The summed E-state index contributed by atoms with van der Waals surface area (Å²) in [6.07, 6.45) is -2.90. The molecule has 1 saturated heterocycles. The smallest absolute Gasteiger partial charge is 0.303 e. The van der Waals surface area contributed by atoms with Crippen LogP contribution < -0.4 is 10.2 Å². The summed E-state index contributed by atoms with van der Waals surface area (Å²) < 4.78 is 31.2. The second-order valence-corrected chi connectivity index (χ2v) is 10.9. The zero-order valence-electron chi connectivity index (χ0n) is 24.3. The van der Waals surface area contributed by atoms with Crippen molar-refractivity contribution in [1.82, 2.24) is 0 Å². The van der Waals surface area contributed by atoms with Gasteiger partial charge in [0.1, 0.15) is 11.7 Å². The summed E-state index contributed by atoms with van der Waals surface area (Å²) in [4.78, 5) is 26.4. The van der Waals surface area contributed by atoms with Gasteiger partial charge >= 0.3 is 5.97 Å². The van der Waals surface area contributed by atoms with Crippen LogP contribution in [0, 0.1) is 26.7 Å². The van der Waals surface area contributed by atoms with E-state index in [4.69, 9.17) is 23.4 Å². The predicted molar refractivity (Wildman–Crippen MR) is 157 cm³/mol. The normalized spacial score (nSPS) is 22.4. The van der Waals surface area contributed by atoms with Gasteiger partial charge in [-0.15, -0.1) is 0 Å². The van der Waals surface area contributed by atoms with E-state index in [-0.39, 0.29) is 29.0 Å². The van der Waals surface area contributed by atoms with Crippen molar-refractivity contribution >= 4 is 16.9 Å². The van der Waals surface area contributed by atoms with Crippen LogP contribution in [-0.4, -0.2) is 30.6 Å². The van der Waals surface area contributed by atoms with E-state index in [1.807, 2.05) is 101 Å². The van der Waals surface area contributed by atoms with E-state index in [0.717, 1.165) is 22.3 Å². The zero-order chi connectivity index (χ0) is 29.3. The summed E-state index contributed by atoms with van der Waals surface area (Å²) in [5.41, 5.74) is 4.65. The lowest BCUT2D eigenvalue weighted by Crippen LogP contribution is -2.57. The molecule has 0 spiro atoms. The van der Waals surface area contributed by atoms with Gasteiger partial charge < -0.3 is 23.4 Å². The zero-order valence-corrected chi connectivity index (χ0v) is 24.3. The molecule has 0 N–H and O–H groups in total. The molecule has 1 fully saturated rings. The monoisotopic (exact) mass is 556 g/mol. The van der Waals surface area contributed by atoms with Gasteiger partial charge in [0.15, 0.2) is 11.9 Å². The van der Waals surface area contributed by atoms with E-state index in [9.17, 15) is 9.59 Å². The lowest BCUT2D eigenvalue weighted by molar-refractivity contribution is -0.269. The van der Waals surface area contributed by atoms with E-state index >= 15 is 0 Å². The highest BCUT2D eigenvalue weighted by atomic mass is 16.7. The second-order valence-electron chi connectivity index (χ2n) is 10.9. The van der Waals surface area contributed by atoms with E-state index in [2.05, 4.69) is 0 Å². The third-order valence-corrected chi connectivity index (χ3v) is 7.63. The van der Waals surface area contributed by atoms with Gasteiger partial charge in [0, 0.05) is 18.4 Å². The number of fused-ring (bicyclic) bond motifs is 1. The SMILES string of the molecule is CC(=O)OC1C(Oc2c(-c3ccc(C)cc3)oc3cc(C)cc(C)c3c2=O)OC(C)C(C)C1OCc1ccccc1. The van der Waals surface area contributed by atoms with Gasteiger partial charge in [0.05, 0.1) is 18.1 Å². The Balaban J connectivity index is 1.59. The summed E-state index contributed by atoms with van der Waals surface area (Å²) in [6, 6.07) is 21.2. The molecule has 7 heteroatoms. The van der Waals surface area contributed by atoms with Crippen molar-refractivity contribution in [3.63, 3.8) is 0 Å². The number of ether oxygens (including phenoxy) is 4. The Labute approximate surface area is 240 Å². The van der Waals surface area contributed by atoms with Gasteiger partial charge in [-0.05, 0) is 50.5 Å². The standard InChI is InChI=1S/C34H36O7/c1-19-12-14-26(15-13-19)31-32(29(36)28-21(3)16-20(2)17-27(28)40-31)41-34-33(39-24(6)35)30(22(4)23(5)38-34)37-18-25-10-8-7-9-11-25/h7-17,22-23,30,33-34H,18H2,1-6H3. The molecule has 1 aliphatic rings. The molecule has 4 aromatic rings. The van der Waals surface area contributed by atoms with Crippen molar-refractivity contribution < 1.29 is 28.2 Å². The van der Waals surface area contributed by atoms with Crippen LogP contribution in [0.15, 0.2) is 75.9 Å². The Hall–Kier alpha value is -3.94. The maximum Gasteiger partial charge on any atom is 0.303 e. The van der Waals surface area contributed by atoms with Gasteiger partial charge in [-0.2, -0.15) is 0 Å². The first-order valence-electron chi connectivity index (χ1n) is 13.9. The van der Waals surface area contributed by atoms with Crippen molar-refractivity contribution in [2.24, 2.45) is 5.92 Å². The number of rotatable bonds is 7. The molecule has 0 bridgehead atoms. The molecule has 0 aliphatic carbocycles. The Morgan fingerprint density at radius 3 is 2.29 bits per heavy atom. The van der Waals surface area contributed by atoms with Crippen LogP contribution in [0.2, 0.25) is 0 Å². The molecule has 1 aliphatic heterocycles. The van der Waals surface area contributed by atoms with Crippen LogP contribution in [0.5, 0.6) is 5.75 Å². The predicted octanol–water partition coefficient (Wildman–Crippen LogP) is 6.66. The van der Waals surface area contributed by atoms with Crippen LogP contribution in [0.4, 0.5) is 0 Å².